The van der Waals surface area contributed by atoms with Crippen molar-refractivity contribution in [1.82, 2.24) is 5.12 Å². The number of nitrogens with zero attached hydrogens (tertiary/aromatic N) is 1. The number of alkyl halides is 1. The third-order valence-corrected chi connectivity index (χ3v) is 3.93. The van der Waals surface area contributed by atoms with Crippen molar-refractivity contribution in [1.29, 1.82) is 0 Å². The zero-order valence-corrected chi connectivity index (χ0v) is 11.4. The van der Waals surface area contributed by atoms with Crippen LogP contribution in [-0.4, -0.2) is 23.7 Å². The number of rotatable bonds is 5. The molecular formula is C14H19F3N2O. The van der Waals surface area contributed by atoms with Crippen molar-refractivity contribution in [3.63, 3.8) is 0 Å². The predicted octanol–water partition coefficient (Wildman–Crippen LogP) is 4.00. The van der Waals surface area contributed by atoms with Crippen LogP contribution in [0.25, 0.3) is 0 Å². The lowest BCUT2D eigenvalue weighted by atomic mass is 9.84. The van der Waals surface area contributed by atoms with Crippen LogP contribution in [0.5, 0.6) is 0 Å². The Hall–Kier alpha value is -1.27. The Balaban J connectivity index is 2.16. The molecule has 3 unspecified atom stereocenters. The molecule has 1 saturated heterocycles. The molecule has 1 fully saturated rings. The van der Waals surface area contributed by atoms with E-state index in [0.29, 0.717) is 18.5 Å². The molecule has 112 valence electrons. The number of anilines is 1. The van der Waals surface area contributed by atoms with Gasteiger partial charge in [-0.25, -0.2) is 4.39 Å². The highest BCUT2D eigenvalue weighted by molar-refractivity contribution is 5.44. The van der Waals surface area contributed by atoms with Crippen molar-refractivity contribution >= 4 is 5.69 Å². The fraction of sp³-hybridized carbons (Fsp3) is 0.571. The SMILES string of the molecule is CCC(Nc1ccccc1)(OF)C1CCN(F)C(F)C1. The smallest absolute Gasteiger partial charge is 0.181 e. The maximum absolute atomic E-state index is 13.5. The monoisotopic (exact) mass is 288 g/mol. The third-order valence-electron chi connectivity index (χ3n) is 3.93. The van der Waals surface area contributed by atoms with Crippen molar-refractivity contribution in [2.75, 3.05) is 11.9 Å². The second-order valence-electron chi connectivity index (χ2n) is 5.09. The molecule has 1 aliphatic heterocycles. The number of hydrogen-bond donors (Lipinski definition) is 1. The van der Waals surface area contributed by atoms with Gasteiger partial charge in [0.2, 0.25) is 0 Å². The van der Waals surface area contributed by atoms with Crippen LogP contribution >= 0.6 is 0 Å². The fourth-order valence-electron chi connectivity index (χ4n) is 2.69. The summed E-state index contributed by atoms with van der Waals surface area (Å²) in [6, 6.07) is 9.02. The van der Waals surface area contributed by atoms with E-state index >= 15 is 0 Å². The van der Waals surface area contributed by atoms with Crippen LogP contribution in [-0.2, 0) is 4.94 Å². The first-order chi connectivity index (χ1) is 9.61. The highest BCUT2D eigenvalue weighted by atomic mass is 19.3. The Labute approximate surface area is 116 Å². The average Bonchev–Trinajstić information content (AvgIpc) is 2.49. The van der Waals surface area contributed by atoms with Gasteiger partial charge in [-0.05, 0) is 29.5 Å². The third kappa shape index (κ3) is 3.07. The highest BCUT2D eigenvalue weighted by Gasteiger charge is 2.44. The number of nitrogens with one attached hydrogen (secondary N) is 1. The summed E-state index contributed by atoms with van der Waals surface area (Å²) in [6.07, 6.45) is -1.18. The molecule has 0 spiro atoms. The maximum atomic E-state index is 13.5. The first-order valence-electron chi connectivity index (χ1n) is 6.80. The molecule has 1 aliphatic rings. The largest absolute Gasteiger partial charge is 0.355 e. The minimum absolute atomic E-state index is 0.0621. The Morgan fingerprint density at radius 2 is 2.10 bits per heavy atom. The van der Waals surface area contributed by atoms with E-state index in [1.807, 2.05) is 18.2 Å². The van der Waals surface area contributed by atoms with Gasteiger partial charge >= 0.3 is 0 Å². The molecule has 0 saturated carbocycles. The first kappa shape index (κ1) is 15.1. The molecule has 0 aromatic heterocycles. The van der Waals surface area contributed by atoms with Gasteiger partial charge in [-0.2, -0.15) is 4.94 Å². The topological polar surface area (TPSA) is 24.5 Å². The molecule has 20 heavy (non-hydrogen) atoms. The average molecular weight is 288 g/mol. The Bertz CT molecular complexity index is 414. The van der Waals surface area contributed by atoms with E-state index in [-0.39, 0.29) is 18.1 Å². The molecule has 1 heterocycles. The van der Waals surface area contributed by atoms with Crippen molar-refractivity contribution in [3.05, 3.63) is 30.3 Å². The zero-order chi connectivity index (χ0) is 14.6. The van der Waals surface area contributed by atoms with E-state index in [1.165, 1.54) is 0 Å². The van der Waals surface area contributed by atoms with Gasteiger partial charge < -0.3 is 5.32 Å². The van der Waals surface area contributed by atoms with Crippen LogP contribution in [0.3, 0.4) is 0 Å². The number of benzene rings is 1. The predicted molar refractivity (Wildman–Crippen MR) is 70.7 cm³/mol. The molecule has 3 nitrogen and oxygen atoms in total. The summed E-state index contributed by atoms with van der Waals surface area (Å²) in [7, 11) is 0. The van der Waals surface area contributed by atoms with Crippen LogP contribution in [0.2, 0.25) is 0 Å². The molecular weight excluding hydrogens is 269 g/mol. The van der Waals surface area contributed by atoms with Crippen LogP contribution in [0, 0.1) is 5.92 Å². The van der Waals surface area contributed by atoms with E-state index < -0.39 is 17.9 Å². The summed E-state index contributed by atoms with van der Waals surface area (Å²) in [4.78, 5) is 4.20. The van der Waals surface area contributed by atoms with Crippen molar-refractivity contribution in [2.45, 2.75) is 38.2 Å². The zero-order valence-electron chi connectivity index (χ0n) is 11.4. The normalized spacial score (nSPS) is 27.0. The lowest BCUT2D eigenvalue weighted by Gasteiger charge is -2.41. The molecule has 0 radical (unpaired) electrons. The number of halogens is 3. The van der Waals surface area contributed by atoms with Crippen molar-refractivity contribution in [3.8, 4) is 0 Å². The van der Waals surface area contributed by atoms with Gasteiger partial charge in [0.25, 0.3) is 0 Å². The second kappa shape index (κ2) is 6.45. The standard InChI is InChI=1S/C14H19F3N2O/c1-2-14(20-17,18-12-6-4-3-5-7-12)11-8-9-19(16)13(15)10-11/h3-7,11,13,18H,2,8-10H2,1H3. The van der Waals surface area contributed by atoms with E-state index in [9.17, 15) is 13.4 Å². The Morgan fingerprint density at radius 1 is 1.40 bits per heavy atom. The molecule has 1 N–H and O–H groups in total. The van der Waals surface area contributed by atoms with E-state index in [1.54, 1.807) is 19.1 Å². The first-order valence-corrected chi connectivity index (χ1v) is 6.80. The molecule has 1 aromatic carbocycles. The molecule has 0 amide bonds. The molecule has 0 aliphatic carbocycles. The van der Waals surface area contributed by atoms with E-state index in [4.69, 9.17) is 0 Å². The Morgan fingerprint density at radius 3 is 2.65 bits per heavy atom. The summed E-state index contributed by atoms with van der Waals surface area (Å²) in [5.41, 5.74) is -0.641. The summed E-state index contributed by atoms with van der Waals surface area (Å²) in [5.74, 6) is -0.445. The van der Waals surface area contributed by atoms with Gasteiger partial charge in [0.15, 0.2) is 12.0 Å². The van der Waals surface area contributed by atoms with E-state index in [0.717, 1.165) is 0 Å². The van der Waals surface area contributed by atoms with Gasteiger partial charge in [-0.3, -0.25) is 0 Å². The number of para-hydroxylation sites is 1. The van der Waals surface area contributed by atoms with Gasteiger partial charge in [-0.15, -0.1) is 9.60 Å². The second-order valence-corrected chi connectivity index (χ2v) is 5.09. The maximum Gasteiger partial charge on any atom is 0.181 e. The summed E-state index contributed by atoms with van der Waals surface area (Å²) < 4.78 is 39.8. The summed E-state index contributed by atoms with van der Waals surface area (Å²) in [6.45, 7) is 1.69. The molecule has 2 rings (SSSR count). The molecule has 1 aromatic rings. The molecule has 6 heteroatoms. The van der Waals surface area contributed by atoms with Crippen molar-refractivity contribution in [2.24, 2.45) is 5.92 Å². The summed E-state index contributed by atoms with van der Waals surface area (Å²) >= 11 is 0. The highest BCUT2D eigenvalue weighted by Crippen LogP contribution is 2.38. The Kier molecular flexibility index (Phi) is 4.88. The lowest BCUT2D eigenvalue weighted by molar-refractivity contribution is -0.260. The van der Waals surface area contributed by atoms with Gasteiger partial charge in [0.05, 0.1) is 0 Å². The van der Waals surface area contributed by atoms with Crippen LogP contribution in [0.1, 0.15) is 26.2 Å². The number of hydrogen-bond acceptors (Lipinski definition) is 3. The van der Waals surface area contributed by atoms with Gasteiger partial charge in [0, 0.05) is 24.6 Å². The van der Waals surface area contributed by atoms with Gasteiger partial charge in [0.1, 0.15) is 0 Å². The van der Waals surface area contributed by atoms with Crippen LogP contribution in [0.4, 0.5) is 19.1 Å². The van der Waals surface area contributed by atoms with Crippen molar-refractivity contribution < 1.29 is 18.3 Å². The van der Waals surface area contributed by atoms with Crippen LogP contribution < -0.4 is 5.32 Å². The molecule has 3 atom stereocenters. The lowest BCUT2D eigenvalue weighted by Crippen LogP contribution is -2.51. The quantitative estimate of drug-likeness (QED) is 0.503. The van der Waals surface area contributed by atoms with E-state index in [2.05, 4.69) is 10.3 Å². The van der Waals surface area contributed by atoms with Crippen LogP contribution in [0.15, 0.2) is 30.3 Å². The minimum atomic E-state index is -1.72. The molecule has 0 bridgehead atoms. The fourth-order valence-corrected chi connectivity index (χ4v) is 2.69. The van der Waals surface area contributed by atoms with Gasteiger partial charge in [-0.1, -0.05) is 25.1 Å². The summed E-state index contributed by atoms with van der Waals surface area (Å²) in [5, 5.41) is 3.14. The minimum Gasteiger partial charge on any atom is -0.355 e. The number of piperidine rings is 1.